The highest BCUT2D eigenvalue weighted by Gasteiger charge is 2.21. The average molecular weight is 248 g/mol. The molecule has 0 amide bonds. The second-order valence-corrected chi connectivity index (χ2v) is 4.69. The second kappa shape index (κ2) is 6.94. The average Bonchev–Trinajstić information content (AvgIpc) is 2.38. The lowest BCUT2D eigenvalue weighted by Crippen LogP contribution is -2.21. The minimum atomic E-state index is -0.360. The molecule has 0 aliphatic carbocycles. The molecule has 0 fully saturated rings. The topological polar surface area (TPSA) is 43.4 Å². The van der Waals surface area contributed by atoms with E-state index in [4.69, 9.17) is 0 Å². The van der Waals surface area contributed by atoms with Gasteiger partial charge in [0.15, 0.2) is 0 Å². The van der Waals surface area contributed by atoms with Crippen molar-refractivity contribution in [3.63, 3.8) is 0 Å². The van der Waals surface area contributed by atoms with Gasteiger partial charge in [-0.1, -0.05) is 44.2 Å². The van der Waals surface area contributed by atoms with Crippen molar-refractivity contribution in [2.45, 2.75) is 26.7 Å². The Bertz CT molecular complexity index is 397. The van der Waals surface area contributed by atoms with Crippen molar-refractivity contribution in [2.24, 2.45) is 11.8 Å². The second-order valence-electron chi connectivity index (χ2n) is 4.69. The summed E-state index contributed by atoms with van der Waals surface area (Å²) in [6.07, 6.45) is 0.967. The van der Waals surface area contributed by atoms with Gasteiger partial charge in [0.1, 0.15) is 5.78 Å². The van der Waals surface area contributed by atoms with Crippen LogP contribution in [-0.4, -0.2) is 18.9 Å². The van der Waals surface area contributed by atoms with Crippen molar-refractivity contribution in [3.05, 3.63) is 35.9 Å². The van der Waals surface area contributed by atoms with Crippen molar-refractivity contribution in [1.82, 2.24) is 0 Å². The molecule has 0 radical (unpaired) electrons. The highest BCUT2D eigenvalue weighted by molar-refractivity contribution is 5.85. The molecule has 3 heteroatoms. The van der Waals surface area contributed by atoms with E-state index in [0.29, 0.717) is 6.42 Å². The summed E-state index contributed by atoms with van der Waals surface area (Å²) in [7, 11) is 1.34. The molecule has 3 nitrogen and oxygen atoms in total. The van der Waals surface area contributed by atoms with Gasteiger partial charge in [0.2, 0.25) is 0 Å². The van der Waals surface area contributed by atoms with Crippen molar-refractivity contribution in [2.75, 3.05) is 7.11 Å². The predicted octanol–water partition coefficient (Wildman–Crippen LogP) is 2.63. The van der Waals surface area contributed by atoms with E-state index in [-0.39, 0.29) is 30.0 Å². The first-order valence-corrected chi connectivity index (χ1v) is 6.19. The SMILES string of the molecule is COC(=O)[C@H](C)CC(=O)[C@@H](C)Cc1ccccc1. The number of benzene rings is 1. The summed E-state index contributed by atoms with van der Waals surface area (Å²) in [5.41, 5.74) is 1.14. The van der Waals surface area contributed by atoms with Crippen LogP contribution in [0.3, 0.4) is 0 Å². The van der Waals surface area contributed by atoms with E-state index in [0.717, 1.165) is 5.56 Å². The van der Waals surface area contributed by atoms with Crippen LogP contribution in [-0.2, 0) is 20.7 Å². The number of hydrogen-bond acceptors (Lipinski definition) is 3. The van der Waals surface area contributed by atoms with Gasteiger partial charge in [-0.2, -0.15) is 0 Å². The molecular formula is C15H20O3. The van der Waals surface area contributed by atoms with Crippen molar-refractivity contribution in [1.29, 1.82) is 0 Å². The minimum absolute atomic E-state index is 0.0699. The number of Topliss-reactive ketones (excluding diaryl/α,β-unsaturated/α-hetero) is 1. The Labute approximate surface area is 108 Å². The van der Waals surface area contributed by atoms with Crippen molar-refractivity contribution >= 4 is 11.8 Å². The van der Waals surface area contributed by atoms with E-state index >= 15 is 0 Å². The van der Waals surface area contributed by atoms with E-state index in [1.54, 1.807) is 6.92 Å². The Kier molecular flexibility index (Phi) is 5.56. The Morgan fingerprint density at radius 1 is 1.11 bits per heavy atom. The molecule has 0 unspecified atom stereocenters. The maximum atomic E-state index is 12.0. The molecule has 0 saturated heterocycles. The lowest BCUT2D eigenvalue weighted by atomic mass is 9.91. The van der Waals surface area contributed by atoms with Gasteiger partial charge in [-0.25, -0.2) is 0 Å². The van der Waals surface area contributed by atoms with Gasteiger partial charge < -0.3 is 4.74 Å². The molecule has 2 atom stereocenters. The third kappa shape index (κ3) is 4.32. The third-order valence-corrected chi connectivity index (χ3v) is 3.05. The molecule has 0 aromatic heterocycles. The summed E-state index contributed by atoms with van der Waals surface area (Å²) in [4.78, 5) is 23.2. The Balaban J connectivity index is 2.49. The zero-order valence-corrected chi connectivity index (χ0v) is 11.2. The first-order valence-electron chi connectivity index (χ1n) is 6.19. The van der Waals surface area contributed by atoms with E-state index in [1.807, 2.05) is 37.3 Å². The summed E-state index contributed by atoms with van der Waals surface area (Å²) < 4.78 is 4.62. The van der Waals surface area contributed by atoms with Gasteiger partial charge in [0.25, 0.3) is 0 Å². The molecule has 0 spiro atoms. The van der Waals surface area contributed by atoms with E-state index in [2.05, 4.69) is 4.74 Å². The molecular weight excluding hydrogens is 228 g/mol. The van der Waals surface area contributed by atoms with Crippen LogP contribution in [0.4, 0.5) is 0 Å². The molecule has 0 bridgehead atoms. The normalized spacial score (nSPS) is 13.7. The lowest BCUT2D eigenvalue weighted by molar-refractivity contribution is -0.146. The highest BCUT2D eigenvalue weighted by atomic mass is 16.5. The van der Waals surface area contributed by atoms with Gasteiger partial charge in [-0.3, -0.25) is 9.59 Å². The molecule has 1 aromatic carbocycles. The molecule has 1 aromatic rings. The summed E-state index contributed by atoms with van der Waals surface area (Å²) in [5, 5.41) is 0. The van der Waals surface area contributed by atoms with Gasteiger partial charge >= 0.3 is 5.97 Å². The number of esters is 1. The molecule has 0 aliphatic heterocycles. The number of carbonyl (C=O) groups excluding carboxylic acids is 2. The van der Waals surface area contributed by atoms with Gasteiger partial charge in [-0.05, 0) is 12.0 Å². The Hall–Kier alpha value is -1.64. The summed E-state index contributed by atoms with van der Waals surface area (Å²) in [6.45, 7) is 3.62. The number of carbonyl (C=O) groups is 2. The van der Waals surface area contributed by atoms with E-state index in [1.165, 1.54) is 7.11 Å². The quantitative estimate of drug-likeness (QED) is 0.727. The van der Waals surface area contributed by atoms with E-state index < -0.39 is 0 Å². The molecule has 1 rings (SSSR count). The van der Waals surface area contributed by atoms with E-state index in [9.17, 15) is 9.59 Å². The molecule has 0 aliphatic rings. The minimum Gasteiger partial charge on any atom is -0.469 e. The number of ether oxygens (including phenoxy) is 1. The number of rotatable bonds is 6. The summed E-state index contributed by atoms with van der Waals surface area (Å²) in [6, 6.07) is 9.89. The zero-order chi connectivity index (χ0) is 13.5. The van der Waals surface area contributed by atoms with Crippen molar-refractivity contribution < 1.29 is 14.3 Å². The van der Waals surface area contributed by atoms with Crippen LogP contribution in [0.2, 0.25) is 0 Å². The van der Waals surface area contributed by atoms with Crippen LogP contribution in [0.1, 0.15) is 25.8 Å². The first-order chi connectivity index (χ1) is 8.54. The van der Waals surface area contributed by atoms with Crippen LogP contribution >= 0.6 is 0 Å². The predicted molar refractivity (Wildman–Crippen MR) is 70.1 cm³/mol. The maximum Gasteiger partial charge on any atom is 0.308 e. The fourth-order valence-corrected chi connectivity index (χ4v) is 1.87. The Morgan fingerprint density at radius 3 is 2.28 bits per heavy atom. The third-order valence-electron chi connectivity index (χ3n) is 3.05. The van der Waals surface area contributed by atoms with Crippen LogP contribution < -0.4 is 0 Å². The van der Waals surface area contributed by atoms with Gasteiger partial charge in [0, 0.05) is 12.3 Å². The first kappa shape index (κ1) is 14.4. The Morgan fingerprint density at radius 2 is 1.72 bits per heavy atom. The van der Waals surface area contributed by atoms with Gasteiger partial charge in [-0.15, -0.1) is 0 Å². The molecule has 0 heterocycles. The fraction of sp³-hybridized carbons (Fsp3) is 0.467. The van der Waals surface area contributed by atoms with Crippen LogP contribution in [0, 0.1) is 11.8 Å². The van der Waals surface area contributed by atoms with Gasteiger partial charge in [0.05, 0.1) is 13.0 Å². The molecule has 0 N–H and O–H groups in total. The molecule has 98 valence electrons. The number of ketones is 1. The zero-order valence-electron chi connectivity index (χ0n) is 11.2. The largest absolute Gasteiger partial charge is 0.469 e. The molecule has 0 saturated carbocycles. The lowest BCUT2D eigenvalue weighted by Gasteiger charge is -2.13. The summed E-state index contributed by atoms with van der Waals surface area (Å²) in [5.74, 6) is -0.646. The monoisotopic (exact) mass is 248 g/mol. The number of methoxy groups -OCH3 is 1. The van der Waals surface area contributed by atoms with Crippen LogP contribution in [0.15, 0.2) is 30.3 Å². The maximum absolute atomic E-state index is 12.0. The fourth-order valence-electron chi connectivity index (χ4n) is 1.87. The van der Waals surface area contributed by atoms with Crippen molar-refractivity contribution in [3.8, 4) is 0 Å². The standard InChI is InChI=1S/C15H20O3/c1-11(9-13-7-5-4-6-8-13)14(16)10-12(2)15(17)18-3/h4-8,11-12H,9-10H2,1-3H3/t11-,12+/m0/s1. The smallest absolute Gasteiger partial charge is 0.308 e. The molecule has 18 heavy (non-hydrogen) atoms. The number of hydrogen-bond donors (Lipinski definition) is 0. The van der Waals surface area contributed by atoms with Crippen LogP contribution in [0.25, 0.3) is 0 Å². The van der Waals surface area contributed by atoms with Crippen LogP contribution in [0.5, 0.6) is 0 Å². The summed E-state index contributed by atoms with van der Waals surface area (Å²) >= 11 is 0. The highest BCUT2D eigenvalue weighted by Crippen LogP contribution is 2.14.